The minimum absolute atomic E-state index is 0.280. The second kappa shape index (κ2) is 4.26. The number of rotatable bonds is 2. The SMILES string of the molecule is Cc1nn(C)nc1CS(=O)(=O)C1=NOC(C)(C)C1F. The third kappa shape index (κ3) is 2.46. The molecule has 2 rings (SSSR count). The van der Waals surface area contributed by atoms with Gasteiger partial charge in [-0.05, 0) is 20.8 Å². The molecule has 0 N–H and O–H groups in total. The van der Waals surface area contributed by atoms with Crippen molar-refractivity contribution in [3.63, 3.8) is 0 Å². The average Bonchev–Trinajstić information content (AvgIpc) is 2.69. The summed E-state index contributed by atoms with van der Waals surface area (Å²) in [5, 5.41) is 10.7. The Morgan fingerprint density at radius 3 is 2.47 bits per heavy atom. The molecule has 0 radical (unpaired) electrons. The van der Waals surface area contributed by atoms with Crippen molar-refractivity contribution in [1.29, 1.82) is 0 Å². The van der Waals surface area contributed by atoms with E-state index in [0.717, 1.165) is 0 Å². The van der Waals surface area contributed by atoms with Crippen LogP contribution in [0.3, 0.4) is 0 Å². The van der Waals surface area contributed by atoms with Gasteiger partial charge in [-0.1, -0.05) is 5.16 Å². The van der Waals surface area contributed by atoms with E-state index in [4.69, 9.17) is 4.84 Å². The fourth-order valence-corrected chi connectivity index (χ4v) is 3.22. The van der Waals surface area contributed by atoms with Gasteiger partial charge in [-0.2, -0.15) is 15.0 Å². The summed E-state index contributed by atoms with van der Waals surface area (Å²) in [6.07, 6.45) is -1.78. The molecule has 0 spiro atoms. The van der Waals surface area contributed by atoms with Crippen molar-refractivity contribution in [2.75, 3.05) is 0 Å². The number of hydrogen-bond donors (Lipinski definition) is 0. The first-order chi connectivity index (χ1) is 8.63. The number of hydrogen-bond acceptors (Lipinski definition) is 6. The van der Waals surface area contributed by atoms with Crippen molar-refractivity contribution in [3.05, 3.63) is 11.4 Å². The van der Waals surface area contributed by atoms with Gasteiger partial charge in [0.05, 0.1) is 5.69 Å². The van der Waals surface area contributed by atoms with Crippen LogP contribution in [0.5, 0.6) is 0 Å². The predicted octanol–water partition coefficient (Wildman–Crippen LogP) is 0.499. The Morgan fingerprint density at radius 2 is 2.05 bits per heavy atom. The van der Waals surface area contributed by atoms with Crippen LogP contribution in [0.15, 0.2) is 5.16 Å². The normalized spacial score (nSPS) is 22.2. The maximum absolute atomic E-state index is 14.0. The predicted molar refractivity (Wildman–Crippen MR) is 65.9 cm³/mol. The second-order valence-corrected chi connectivity index (χ2v) is 6.90. The molecule has 0 bridgehead atoms. The molecule has 1 atom stereocenters. The number of aromatic nitrogens is 3. The highest BCUT2D eigenvalue weighted by Crippen LogP contribution is 2.29. The van der Waals surface area contributed by atoms with Gasteiger partial charge in [0.2, 0.25) is 14.9 Å². The minimum atomic E-state index is -3.91. The van der Waals surface area contributed by atoms with E-state index in [1.165, 1.54) is 18.6 Å². The van der Waals surface area contributed by atoms with Crippen molar-refractivity contribution >= 4 is 14.9 Å². The Morgan fingerprint density at radius 1 is 1.42 bits per heavy atom. The minimum Gasteiger partial charge on any atom is -0.385 e. The molecule has 0 aromatic carbocycles. The molecule has 0 saturated carbocycles. The lowest BCUT2D eigenvalue weighted by molar-refractivity contribution is -0.0232. The quantitative estimate of drug-likeness (QED) is 0.791. The lowest BCUT2D eigenvalue weighted by Gasteiger charge is -2.17. The standard InChI is InChI=1S/C10H15FN4O3S/c1-6-7(13-15(4)12-6)5-19(16,17)9-8(11)10(2,3)18-14-9/h8H,5H2,1-4H3. The second-order valence-electron chi connectivity index (χ2n) is 4.97. The van der Waals surface area contributed by atoms with E-state index in [0.29, 0.717) is 5.69 Å². The maximum atomic E-state index is 14.0. The Balaban J connectivity index is 2.28. The highest BCUT2D eigenvalue weighted by atomic mass is 32.2. The van der Waals surface area contributed by atoms with E-state index >= 15 is 0 Å². The van der Waals surface area contributed by atoms with E-state index in [-0.39, 0.29) is 5.69 Å². The molecule has 7 nitrogen and oxygen atoms in total. The van der Waals surface area contributed by atoms with Crippen LogP contribution in [0, 0.1) is 6.92 Å². The van der Waals surface area contributed by atoms with Crippen LogP contribution in [-0.4, -0.2) is 40.2 Å². The monoisotopic (exact) mass is 290 g/mol. The maximum Gasteiger partial charge on any atom is 0.210 e. The van der Waals surface area contributed by atoms with Crippen LogP contribution in [0.2, 0.25) is 0 Å². The summed E-state index contributed by atoms with van der Waals surface area (Å²) >= 11 is 0. The van der Waals surface area contributed by atoms with Crippen LogP contribution in [0.25, 0.3) is 0 Å². The van der Waals surface area contributed by atoms with Crippen LogP contribution < -0.4 is 0 Å². The number of sulfone groups is 1. The Kier molecular flexibility index (Phi) is 3.12. The summed E-state index contributed by atoms with van der Waals surface area (Å²) in [4.78, 5) is 6.09. The van der Waals surface area contributed by atoms with Gasteiger partial charge in [-0.3, -0.25) is 0 Å². The highest BCUT2D eigenvalue weighted by molar-refractivity contribution is 8.05. The van der Waals surface area contributed by atoms with Gasteiger partial charge < -0.3 is 4.84 Å². The molecule has 1 aromatic rings. The summed E-state index contributed by atoms with van der Waals surface area (Å²) < 4.78 is 38.3. The molecule has 9 heteroatoms. The number of oxime groups is 1. The Hall–Kier alpha value is -1.51. The van der Waals surface area contributed by atoms with Crippen molar-refractivity contribution in [3.8, 4) is 0 Å². The van der Waals surface area contributed by atoms with E-state index in [1.54, 1.807) is 14.0 Å². The number of halogens is 1. The van der Waals surface area contributed by atoms with Gasteiger partial charge >= 0.3 is 0 Å². The molecular weight excluding hydrogens is 275 g/mol. The summed E-state index contributed by atoms with van der Waals surface area (Å²) in [5.41, 5.74) is -0.498. The number of nitrogens with zero attached hydrogens (tertiary/aromatic N) is 4. The van der Waals surface area contributed by atoms with E-state index in [1.807, 2.05) is 0 Å². The molecule has 19 heavy (non-hydrogen) atoms. The summed E-state index contributed by atoms with van der Waals surface area (Å²) in [5.74, 6) is -0.439. The summed E-state index contributed by atoms with van der Waals surface area (Å²) in [6, 6.07) is 0. The zero-order valence-electron chi connectivity index (χ0n) is 11.1. The summed E-state index contributed by atoms with van der Waals surface area (Å²) in [6.45, 7) is 4.52. The smallest absolute Gasteiger partial charge is 0.210 e. The molecule has 0 aliphatic carbocycles. The van der Waals surface area contributed by atoms with Crippen molar-refractivity contribution < 1.29 is 17.6 Å². The number of aryl methyl sites for hydroxylation is 2. The molecule has 1 aliphatic rings. The van der Waals surface area contributed by atoms with Crippen LogP contribution in [0.4, 0.5) is 4.39 Å². The van der Waals surface area contributed by atoms with Gasteiger partial charge in [0.25, 0.3) is 0 Å². The molecule has 106 valence electrons. The zero-order valence-corrected chi connectivity index (χ0v) is 11.9. The molecule has 0 amide bonds. The third-order valence-corrected chi connectivity index (χ3v) is 4.39. The van der Waals surface area contributed by atoms with Gasteiger partial charge in [0.15, 0.2) is 11.8 Å². The molecule has 2 heterocycles. The average molecular weight is 290 g/mol. The van der Waals surface area contributed by atoms with Crippen LogP contribution in [-0.2, 0) is 27.5 Å². The lowest BCUT2D eigenvalue weighted by atomic mass is 10.1. The molecule has 1 aromatic heterocycles. The van der Waals surface area contributed by atoms with E-state index in [2.05, 4.69) is 15.4 Å². The van der Waals surface area contributed by atoms with Crippen molar-refractivity contribution in [2.45, 2.75) is 38.3 Å². The molecule has 1 unspecified atom stereocenters. The largest absolute Gasteiger partial charge is 0.385 e. The van der Waals surface area contributed by atoms with E-state index < -0.39 is 32.4 Å². The lowest BCUT2D eigenvalue weighted by Crippen LogP contribution is -2.37. The van der Waals surface area contributed by atoms with Crippen molar-refractivity contribution in [1.82, 2.24) is 15.0 Å². The van der Waals surface area contributed by atoms with Gasteiger partial charge in [-0.15, -0.1) is 0 Å². The molecular formula is C10H15FN4O3S. The Bertz CT molecular complexity index is 635. The van der Waals surface area contributed by atoms with Crippen LogP contribution >= 0.6 is 0 Å². The van der Waals surface area contributed by atoms with Crippen molar-refractivity contribution in [2.24, 2.45) is 12.2 Å². The summed E-state index contributed by atoms with van der Waals surface area (Å²) in [7, 11) is -2.32. The first kappa shape index (κ1) is 13.9. The van der Waals surface area contributed by atoms with Crippen LogP contribution in [0.1, 0.15) is 25.2 Å². The van der Waals surface area contributed by atoms with Gasteiger partial charge in [0.1, 0.15) is 11.4 Å². The van der Waals surface area contributed by atoms with E-state index in [9.17, 15) is 12.8 Å². The Labute approximate surface area is 110 Å². The highest BCUT2D eigenvalue weighted by Gasteiger charge is 2.47. The number of alkyl halides is 1. The molecule has 0 fully saturated rings. The zero-order chi connectivity index (χ0) is 14.4. The first-order valence-corrected chi connectivity index (χ1v) is 7.28. The fourth-order valence-electron chi connectivity index (χ4n) is 1.70. The fraction of sp³-hybridized carbons (Fsp3) is 0.700. The third-order valence-electron chi connectivity index (χ3n) is 2.82. The van der Waals surface area contributed by atoms with Gasteiger partial charge in [-0.25, -0.2) is 12.8 Å². The topological polar surface area (TPSA) is 86.4 Å². The first-order valence-electron chi connectivity index (χ1n) is 5.63. The molecule has 1 aliphatic heterocycles. The van der Waals surface area contributed by atoms with Gasteiger partial charge in [0, 0.05) is 7.05 Å². The molecule has 0 saturated heterocycles.